The van der Waals surface area contributed by atoms with E-state index in [9.17, 15) is 0 Å². The Morgan fingerprint density at radius 2 is 2.36 bits per heavy atom. The molecule has 0 aliphatic heterocycles. The highest BCUT2D eigenvalue weighted by molar-refractivity contribution is 7.09. The summed E-state index contributed by atoms with van der Waals surface area (Å²) in [7, 11) is 3.50. The zero-order valence-corrected chi connectivity index (χ0v) is 9.41. The predicted molar refractivity (Wildman–Crippen MR) is 55.6 cm³/mol. The van der Waals surface area contributed by atoms with Gasteiger partial charge in [-0.25, -0.2) is 4.98 Å². The van der Waals surface area contributed by atoms with Crippen molar-refractivity contribution < 1.29 is 9.84 Å². The van der Waals surface area contributed by atoms with Gasteiger partial charge in [0.05, 0.1) is 12.6 Å². The highest BCUT2D eigenvalue weighted by Gasteiger charge is 2.13. The van der Waals surface area contributed by atoms with Gasteiger partial charge in [-0.3, -0.25) is 0 Å². The van der Waals surface area contributed by atoms with Crippen LogP contribution in [0.3, 0.4) is 0 Å². The standard InChI is InChI=1S/C8H15N3O2S/c1-6(4-12)11(2)8-9-7(5-13-3)10-14-8/h6,12H,4-5H2,1-3H3/t6-/m0/s1. The lowest BCUT2D eigenvalue weighted by Crippen LogP contribution is -2.31. The Balaban J connectivity index is 2.65. The second kappa shape index (κ2) is 5.23. The van der Waals surface area contributed by atoms with Crippen molar-refractivity contribution in [3.05, 3.63) is 5.82 Å². The van der Waals surface area contributed by atoms with Crippen molar-refractivity contribution in [2.24, 2.45) is 0 Å². The fraction of sp³-hybridized carbons (Fsp3) is 0.750. The third kappa shape index (κ3) is 2.63. The number of rotatable bonds is 5. The number of aliphatic hydroxyl groups excluding tert-OH is 1. The first-order chi connectivity index (χ1) is 6.69. The largest absolute Gasteiger partial charge is 0.394 e. The number of ether oxygens (including phenoxy) is 1. The van der Waals surface area contributed by atoms with Crippen molar-refractivity contribution in [3.63, 3.8) is 0 Å². The van der Waals surface area contributed by atoms with Crippen molar-refractivity contribution in [2.75, 3.05) is 25.7 Å². The van der Waals surface area contributed by atoms with E-state index in [-0.39, 0.29) is 12.6 Å². The molecule has 0 spiro atoms. The van der Waals surface area contributed by atoms with Gasteiger partial charge in [0, 0.05) is 25.7 Å². The number of nitrogens with zero attached hydrogens (tertiary/aromatic N) is 3. The van der Waals surface area contributed by atoms with E-state index in [0.29, 0.717) is 12.4 Å². The summed E-state index contributed by atoms with van der Waals surface area (Å²) >= 11 is 1.31. The van der Waals surface area contributed by atoms with Crippen molar-refractivity contribution in [1.82, 2.24) is 9.36 Å². The van der Waals surface area contributed by atoms with E-state index >= 15 is 0 Å². The maximum Gasteiger partial charge on any atom is 0.205 e. The SMILES string of the molecule is COCc1nsc(N(C)[C@@H](C)CO)n1. The van der Waals surface area contributed by atoms with Crippen LogP contribution < -0.4 is 4.90 Å². The molecule has 0 bridgehead atoms. The molecule has 0 amide bonds. The average molecular weight is 217 g/mol. The van der Waals surface area contributed by atoms with Crippen LogP contribution >= 0.6 is 11.5 Å². The van der Waals surface area contributed by atoms with E-state index in [0.717, 1.165) is 5.13 Å². The molecule has 1 rings (SSSR count). The lowest BCUT2D eigenvalue weighted by molar-refractivity contribution is 0.179. The minimum atomic E-state index is 0.0540. The van der Waals surface area contributed by atoms with Crippen LogP contribution in [0, 0.1) is 0 Å². The summed E-state index contributed by atoms with van der Waals surface area (Å²) in [6, 6.07) is 0.0540. The molecule has 0 saturated carbocycles. The molecule has 0 aromatic carbocycles. The van der Waals surface area contributed by atoms with Gasteiger partial charge in [-0.1, -0.05) is 0 Å². The number of hydrogen-bond donors (Lipinski definition) is 1. The molecule has 1 N–H and O–H groups in total. The molecule has 80 valence electrons. The number of methoxy groups -OCH3 is 1. The van der Waals surface area contributed by atoms with E-state index in [4.69, 9.17) is 9.84 Å². The van der Waals surface area contributed by atoms with Gasteiger partial charge in [-0.15, -0.1) is 0 Å². The topological polar surface area (TPSA) is 58.5 Å². The van der Waals surface area contributed by atoms with Gasteiger partial charge in [0.25, 0.3) is 0 Å². The molecule has 14 heavy (non-hydrogen) atoms. The van der Waals surface area contributed by atoms with E-state index in [2.05, 4.69) is 9.36 Å². The highest BCUT2D eigenvalue weighted by Crippen LogP contribution is 2.17. The number of anilines is 1. The van der Waals surface area contributed by atoms with Crippen LogP contribution in [0.15, 0.2) is 0 Å². The minimum absolute atomic E-state index is 0.0540. The normalized spacial score (nSPS) is 12.9. The summed E-state index contributed by atoms with van der Waals surface area (Å²) in [6.07, 6.45) is 0. The van der Waals surface area contributed by atoms with Crippen molar-refractivity contribution in [2.45, 2.75) is 19.6 Å². The Morgan fingerprint density at radius 3 is 2.93 bits per heavy atom. The number of hydrogen-bond acceptors (Lipinski definition) is 6. The summed E-state index contributed by atoms with van der Waals surface area (Å²) in [5.74, 6) is 0.685. The second-order valence-corrected chi connectivity index (χ2v) is 3.80. The Morgan fingerprint density at radius 1 is 1.64 bits per heavy atom. The third-order valence-electron chi connectivity index (χ3n) is 1.96. The van der Waals surface area contributed by atoms with Crippen LogP contribution in [0.25, 0.3) is 0 Å². The van der Waals surface area contributed by atoms with Crippen LogP contribution in [0.2, 0.25) is 0 Å². The van der Waals surface area contributed by atoms with E-state index < -0.39 is 0 Å². The lowest BCUT2D eigenvalue weighted by atomic mass is 10.3. The quantitative estimate of drug-likeness (QED) is 0.778. The first-order valence-corrected chi connectivity index (χ1v) is 5.11. The highest BCUT2D eigenvalue weighted by atomic mass is 32.1. The summed E-state index contributed by atoms with van der Waals surface area (Å²) in [4.78, 5) is 6.17. The van der Waals surface area contributed by atoms with Crippen molar-refractivity contribution >= 4 is 16.7 Å². The van der Waals surface area contributed by atoms with E-state index in [1.54, 1.807) is 7.11 Å². The molecule has 0 aliphatic rings. The molecule has 1 atom stereocenters. The third-order valence-corrected chi connectivity index (χ3v) is 2.80. The number of likely N-dealkylation sites (N-methyl/N-ethyl adjacent to an activating group) is 1. The van der Waals surface area contributed by atoms with Gasteiger partial charge in [-0.05, 0) is 6.92 Å². The molecule has 0 saturated heterocycles. The van der Waals surface area contributed by atoms with Crippen LogP contribution in [0.1, 0.15) is 12.7 Å². The average Bonchev–Trinajstić information content (AvgIpc) is 2.64. The van der Waals surface area contributed by atoms with Gasteiger partial charge >= 0.3 is 0 Å². The maximum atomic E-state index is 8.97. The van der Waals surface area contributed by atoms with Crippen LogP contribution in [-0.2, 0) is 11.3 Å². The van der Waals surface area contributed by atoms with Gasteiger partial charge in [-0.2, -0.15) is 4.37 Å². The molecule has 1 aromatic rings. The van der Waals surface area contributed by atoms with E-state index in [1.165, 1.54) is 11.5 Å². The van der Waals surface area contributed by atoms with Crippen molar-refractivity contribution in [3.8, 4) is 0 Å². The molecule has 0 radical (unpaired) electrons. The molecular formula is C8H15N3O2S. The monoisotopic (exact) mass is 217 g/mol. The molecule has 0 aliphatic carbocycles. The first-order valence-electron chi connectivity index (χ1n) is 4.34. The van der Waals surface area contributed by atoms with Gasteiger partial charge in [0.15, 0.2) is 5.82 Å². The molecule has 1 heterocycles. The molecule has 5 nitrogen and oxygen atoms in total. The number of aromatic nitrogens is 2. The summed E-state index contributed by atoms with van der Waals surface area (Å²) in [6.45, 7) is 2.46. The molecular weight excluding hydrogens is 202 g/mol. The van der Waals surface area contributed by atoms with Crippen molar-refractivity contribution in [1.29, 1.82) is 0 Å². The zero-order chi connectivity index (χ0) is 10.6. The first kappa shape index (κ1) is 11.4. The van der Waals surface area contributed by atoms with Crippen LogP contribution in [0.5, 0.6) is 0 Å². The molecule has 0 unspecified atom stereocenters. The maximum absolute atomic E-state index is 8.97. The van der Waals surface area contributed by atoms with Crippen LogP contribution in [-0.4, -0.2) is 41.3 Å². The predicted octanol–water partition coefficient (Wildman–Crippen LogP) is 0.502. The Bertz CT molecular complexity index is 279. The molecule has 6 heteroatoms. The van der Waals surface area contributed by atoms with Gasteiger partial charge < -0.3 is 14.7 Å². The summed E-state index contributed by atoms with van der Waals surface area (Å²) < 4.78 is 9.05. The fourth-order valence-electron chi connectivity index (χ4n) is 0.887. The van der Waals surface area contributed by atoms with Crippen LogP contribution in [0.4, 0.5) is 5.13 Å². The van der Waals surface area contributed by atoms with E-state index in [1.807, 2.05) is 18.9 Å². The minimum Gasteiger partial charge on any atom is -0.394 e. The second-order valence-electron chi connectivity index (χ2n) is 3.07. The van der Waals surface area contributed by atoms with Gasteiger partial charge in [0.2, 0.25) is 5.13 Å². The molecule has 0 fully saturated rings. The lowest BCUT2D eigenvalue weighted by Gasteiger charge is -2.21. The molecule has 1 aromatic heterocycles. The Hall–Kier alpha value is -0.720. The zero-order valence-electron chi connectivity index (χ0n) is 8.60. The Kier molecular flexibility index (Phi) is 4.24. The number of aliphatic hydroxyl groups is 1. The smallest absolute Gasteiger partial charge is 0.205 e. The summed E-state index contributed by atoms with van der Waals surface area (Å²) in [5, 5.41) is 9.77. The fourth-order valence-corrected chi connectivity index (χ4v) is 1.62. The van der Waals surface area contributed by atoms with Gasteiger partial charge in [0.1, 0.15) is 6.61 Å². The Labute approximate surface area is 87.5 Å². The summed E-state index contributed by atoms with van der Waals surface area (Å²) in [5.41, 5.74) is 0.